The summed E-state index contributed by atoms with van der Waals surface area (Å²) in [4.78, 5) is 7.95. The molecule has 4 nitrogen and oxygen atoms in total. The van der Waals surface area contributed by atoms with Gasteiger partial charge in [0.1, 0.15) is 18.0 Å². The van der Waals surface area contributed by atoms with E-state index in [0.717, 1.165) is 12.1 Å². The summed E-state index contributed by atoms with van der Waals surface area (Å²) in [5.41, 5.74) is -0.412. The number of hydrogen-bond acceptors (Lipinski definition) is 4. The first-order valence-electron chi connectivity index (χ1n) is 6.10. The Morgan fingerprint density at radius 3 is 2.62 bits per heavy atom. The normalized spacial score (nSPS) is 11.0. The van der Waals surface area contributed by atoms with Gasteiger partial charge in [0.15, 0.2) is 0 Å². The van der Waals surface area contributed by atoms with Crippen molar-refractivity contribution in [3.8, 4) is 0 Å². The minimum absolute atomic E-state index is 0.304. The third-order valence-corrected chi connectivity index (χ3v) is 2.56. The molecule has 21 heavy (non-hydrogen) atoms. The maximum absolute atomic E-state index is 12.6. The van der Waals surface area contributed by atoms with Gasteiger partial charge in [0.2, 0.25) is 0 Å². The van der Waals surface area contributed by atoms with Crippen molar-refractivity contribution in [3.63, 3.8) is 0 Å². The first-order valence-corrected chi connectivity index (χ1v) is 6.10. The van der Waals surface area contributed by atoms with Crippen molar-refractivity contribution >= 4 is 17.3 Å². The second-order valence-corrected chi connectivity index (χ2v) is 4.16. The van der Waals surface area contributed by atoms with Crippen LogP contribution in [-0.4, -0.2) is 16.5 Å². The quantitative estimate of drug-likeness (QED) is 0.823. The highest BCUT2D eigenvalue weighted by Crippen LogP contribution is 2.31. The van der Waals surface area contributed by atoms with Crippen LogP contribution in [0.4, 0.5) is 30.5 Å². The summed E-state index contributed by atoms with van der Waals surface area (Å²) in [5.74, 6) is 0.954. The van der Waals surface area contributed by atoms with E-state index in [0.29, 0.717) is 23.9 Å². The maximum Gasteiger partial charge on any atom is 0.416 e. The number of rotatable bonds is 5. The second-order valence-electron chi connectivity index (χ2n) is 4.16. The molecule has 7 heteroatoms. The van der Waals surface area contributed by atoms with Gasteiger partial charge in [-0.05, 0) is 18.2 Å². The molecule has 0 aliphatic rings. The molecule has 2 N–H and O–H groups in total. The van der Waals surface area contributed by atoms with Crippen molar-refractivity contribution in [1.82, 2.24) is 9.97 Å². The number of hydrogen-bond donors (Lipinski definition) is 2. The molecule has 0 atom stereocenters. The molecule has 110 valence electrons. The minimum atomic E-state index is -4.37. The van der Waals surface area contributed by atoms with Gasteiger partial charge in [0.25, 0.3) is 0 Å². The molecule has 1 heterocycles. The molecule has 0 fully saturated rings. The molecule has 0 amide bonds. The van der Waals surface area contributed by atoms with Gasteiger partial charge < -0.3 is 10.6 Å². The standard InChI is InChI=1S/C14H13F3N4/c1-2-6-18-12-8-13(20-9-19-12)21-11-5-3-4-10(7-11)14(15,16)17/h2-5,7-9H,1,6H2,(H2,18,19,20,21). The Kier molecular flexibility index (Phi) is 4.42. The van der Waals surface area contributed by atoms with E-state index in [1.807, 2.05) is 0 Å². The summed E-state index contributed by atoms with van der Waals surface area (Å²) in [6.07, 6.45) is -1.39. The second kappa shape index (κ2) is 6.25. The lowest BCUT2D eigenvalue weighted by atomic mass is 10.2. The number of benzene rings is 1. The fourth-order valence-electron chi connectivity index (χ4n) is 1.62. The predicted octanol–water partition coefficient (Wildman–Crippen LogP) is 3.84. The Bertz CT molecular complexity index is 626. The summed E-state index contributed by atoms with van der Waals surface area (Å²) < 4.78 is 37.9. The third-order valence-electron chi connectivity index (χ3n) is 2.56. The molecule has 0 spiro atoms. The van der Waals surface area contributed by atoms with Crippen LogP contribution >= 0.6 is 0 Å². The molecule has 1 aromatic carbocycles. The zero-order chi connectivity index (χ0) is 15.3. The summed E-state index contributed by atoms with van der Waals surface area (Å²) in [6.45, 7) is 4.10. The molecule has 2 aromatic rings. The summed E-state index contributed by atoms with van der Waals surface area (Å²) >= 11 is 0. The lowest BCUT2D eigenvalue weighted by Gasteiger charge is -2.10. The Balaban J connectivity index is 2.16. The van der Waals surface area contributed by atoms with E-state index in [4.69, 9.17) is 0 Å². The topological polar surface area (TPSA) is 49.8 Å². The average Bonchev–Trinajstić information content (AvgIpc) is 2.45. The highest BCUT2D eigenvalue weighted by Gasteiger charge is 2.30. The van der Waals surface area contributed by atoms with Gasteiger partial charge in [-0.25, -0.2) is 9.97 Å². The first-order chi connectivity index (χ1) is 9.99. The lowest BCUT2D eigenvalue weighted by Crippen LogP contribution is -2.06. The molecule has 0 unspecified atom stereocenters. The summed E-state index contributed by atoms with van der Waals surface area (Å²) in [6, 6.07) is 6.52. The predicted molar refractivity (Wildman–Crippen MR) is 75.4 cm³/mol. The molecule has 0 saturated carbocycles. The van der Waals surface area contributed by atoms with E-state index in [1.165, 1.54) is 18.5 Å². The molecule has 0 bridgehead atoms. The van der Waals surface area contributed by atoms with E-state index in [-0.39, 0.29) is 0 Å². The van der Waals surface area contributed by atoms with Crippen molar-refractivity contribution in [2.75, 3.05) is 17.2 Å². The Labute approximate surface area is 119 Å². The molecular formula is C14H13F3N4. The van der Waals surface area contributed by atoms with Crippen LogP contribution in [0.2, 0.25) is 0 Å². The van der Waals surface area contributed by atoms with Gasteiger partial charge in [0, 0.05) is 18.3 Å². The SMILES string of the molecule is C=CCNc1cc(Nc2cccc(C(F)(F)F)c2)ncn1. The third kappa shape index (κ3) is 4.20. The number of aromatic nitrogens is 2. The fraction of sp³-hybridized carbons (Fsp3) is 0.143. The van der Waals surface area contributed by atoms with Gasteiger partial charge in [-0.2, -0.15) is 13.2 Å². The van der Waals surface area contributed by atoms with Crippen LogP contribution in [0.3, 0.4) is 0 Å². The van der Waals surface area contributed by atoms with E-state index in [2.05, 4.69) is 27.2 Å². The van der Waals surface area contributed by atoms with Crippen LogP contribution < -0.4 is 10.6 Å². The van der Waals surface area contributed by atoms with Crippen LogP contribution in [0, 0.1) is 0 Å². The van der Waals surface area contributed by atoms with Gasteiger partial charge in [-0.3, -0.25) is 0 Å². The monoisotopic (exact) mass is 294 g/mol. The fourth-order valence-corrected chi connectivity index (χ4v) is 1.62. The molecule has 0 aliphatic heterocycles. The molecule has 2 rings (SSSR count). The van der Waals surface area contributed by atoms with Crippen molar-refractivity contribution in [2.45, 2.75) is 6.18 Å². The highest BCUT2D eigenvalue weighted by molar-refractivity contribution is 5.59. The molecular weight excluding hydrogens is 281 g/mol. The number of nitrogens with zero attached hydrogens (tertiary/aromatic N) is 2. The van der Waals surface area contributed by atoms with E-state index >= 15 is 0 Å². The Morgan fingerprint density at radius 1 is 1.14 bits per heavy atom. The van der Waals surface area contributed by atoms with E-state index in [1.54, 1.807) is 12.1 Å². The lowest BCUT2D eigenvalue weighted by molar-refractivity contribution is -0.137. The van der Waals surface area contributed by atoms with Gasteiger partial charge in [-0.1, -0.05) is 12.1 Å². The van der Waals surface area contributed by atoms with Crippen LogP contribution in [-0.2, 0) is 6.18 Å². The maximum atomic E-state index is 12.6. The van der Waals surface area contributed by atoms with Crippen molar-refractivity contribution < 1.29 is 13.2 Å². The van der Waals surface area contributed by atoms with Crippen molar-refractivity contribution in [2.24, 2.45) is 0 Å². The molecule has 1 aromatic heterocycles. The van der Waals surface area contributed by atoms with Gasteiger partial charge in [-0.15, -0.1) is 6.58 Å². The zero-order valence-electron chi connectivity index (χ0n) is 11.0. The Morgan fingerprint density at radius 2 is 1.90 bits per heavy atom. The molecule has 0 radical (unpaired) electrons. The summed E-state index contributed by atoms with van der Waals surface area (Å²) in [7, 11) is 0. The number of alkyl halides is 3. The van der Waals surface area contributed by atoms with Crippen LogP contribution in [0.5, 0.6) is 0 Å². The smallest absolute Gasteiger partial charge is 0.366 e. The van der Waals surface area contributed by atoms with Gasteiger partial charge >= 0.3 is 6.18 Å². The largest absolute Gasteiger partial charge is 0.416 e. The molecule has 0 saturated heterocycles. The zero-order valence-corrected chi connectivity index (χ0v) is 11.0. The number of anilines is 3. The van der Waals surface area contributed by atoms with E-state index in [9.17, 15) is 13.2 Å². The first kappa shape index (κ1) is 14.8. The minimum Gasteiger partial charge on any atom is -0.366 e. The highest BCUT2D eigenvalue weighted by atomic mass is 19.4. The van der Waals surface area contributed by atoms with Crippen molar-refractivity contribution in [1.29, 1.82) is 0 Å². The van der Waals surface area contributed by atoms with Gasteiger partial charge in [0.05, 0.1) is 5.56 Å². The average molecular weight is 294 g/mol. The van der Waals surface area contributed by atoms with E-state index < -0.39 is 11.7 Å². The summed E-state index contributed by atoms with van der Waals surface area (Å²) in [5, 5.41) is 5.78. The Hall–Kier alpha value is -2.57. The van der Waals surface area contributed by atoms with Crippen molar-refractivity contribution in [3.05, 3.63) is 54.9 Å². The number of nitrogens with one attached hydrogen (secondary N) is 2. The number of halogens is 3. The van der Waals surface area contributed by atoms with Crippen LogP contribution in [0.1, 0.15) is 5.56 Å². The molecule has 0 aliphatic carbocycles. The van der Waals surface area contributed by atoms with Crippen LogP contribution in [0.25, 0.3) is 0 Å². The van der Waals surface area contributed by atoms with Crippen LogP contribution in [0.15, 0.2) is 49.3 Å².